The van der Waals surface area contributed by atoms with E-state index < -0.39 is 0 Å². The second kappa shape index (κ2) is 43.6. The fourth-order valence-corrected chi connectivity index (χ4v) is 22.9. The number of rotatable bonds is 20. The van der Waals surface area contributed by atoms with Gasteiger partial charge in [0, 0.05) is 204 Å². The second-order valence-electron chi connectivity index (χ2n) is 40.7. The number of likely N-dealkylation sites (tertiary alicyclic amines) is 5. The van der Waals surface area contributed by atoms with Gasteiger partial charge < -0.3 is 24.5 Å². The van der Waals surface area contributed by atoms with E-state index >= 15 is 0 Å². The number of nitrogens with zero attached hydrogens (tertiary/aromatic N) is 21. The van der Waals surface area contributed by atoms with E-state index in [9.17, 15) is 33.6 Å². The smallest absolute Gasteiger partial charge is 0.255 e. The van der Waals surface area contributed by atoms with Crippen molar-refractivity contribution in [1.82, 2.24) is 124 Å². The molecule has 1 aliphatic carbocycles. The first-order chi connectivity index (χ1) is 72.3. The minimum atomic E-state index is -0.333. The molecule has 25 rings (SSSR count). The van der Waals surface area contributed by atoms with Gasteiger partial charge in [-0.25, -0.2) is 4.39 Å². The van der Waals surface area contributed by atoms with E-state index in [-0.39, 0.29) is 59.5 Å². The highest BCUT2D eigenvalue weighted by molar-refractivity contribution is 5.98. The fourth-order valence-electron chi connectivity index (χ4n) is 22.9. The summed E-state index contributed by atoms with van der Waals surface area (Å²) in [5.41, 5.74) is 19.4. The fraction of sp³-hybridized carbons (Fsp3) is 0.310. The van der Waals surface area contributed by atoms with E-state index in [1.54, 1.807) is 42.6 Å². The molecule has 0 radical (unpaired) electrons. The van der Waals surface area contributed by atoms with Crippen LogP contribution in [-0.2, 0) is 37.5 Å². The molecule has 19 aromatic rings. The summed E-state index contributed by atoms with van der Waals surface area (Å²) in [7, 11) is 0. The highest BCUT2D eigenvalue weighted by Crippen LogP contribution is 2.39. The van der Waals surface area contributed by atoms with Crippen LogP contribution in [0.25, 0.3) is 110 Å². The third kappa shape index (κ3) is 21.4. The van der Waals surface area contributed by atoms with Gasteiger partial charge in [-0.05, 0) is 258 Å². The lowest BCUT2D eigenvalue weighted by atomic mass is 9.88. The molecule has 5 N–H and O–H groups in total. The first-order valence-corrected chi connectivity index (χ1v) is 51.4. The van der Waals surface area contributed by atoms with Gasteiger partial charge in [0.05, 0.1) is 107 Å². The van der Waals surface area contributed by atoms with Gasteiger partial charge in [0.2, 0.25) is 5.91 Å². The third-order valence-corrected chi connectivity index (χ3v) is 30.5. The van der Waals surface area contributed by atoms with E-state index in [2.05, 4.69) is 227 Å². The molecule has 0 spiro atoms. The van der Waals surface area contributed by atoms with Gasteiger partial charge in [-0.3, -0.25) is 72.9 Å². The molecule has 5 unspecified atom stereocenters. The summed E-state index contributed by atoms with van der Waals surface area (Å²) in [5.74, 6) is 2.35. The number of nitriles is 1. The molecule has 5 saturated heterocycles. The Labute approximate surface area is 855 Å². The molecule has 10 atom stereocenters. The minimum Gasteiger partial charge on any atom is -0.339 e. The predicted molar refractivity (Wildman–Crippen MR) is 567 cm³/mol. The zero-order valence-electron chi connectivity index (χ0n) is 83.5. The van der Waals surface area contributed by atoms with Crippen LogP contribution in [-0.4, -0.2) is 217 Å². The van der Waals surface area contributed by atoms with Crippen LogP contribution in [0.5, 0.6) is 0 Å². The number of halogens is 1. The van der Waals surface area contributed by atoms with Gasteiger partial charge in [-0.2, -0.15) is 56.2 Å². The number of carbonyl (C=O) groups is 5. The highest BCUT2D eigenvalue weighted by atomic mass is 19.1. The minimum absolute atomic E-state index is 0.0416. The highest BCUT2D eigenvalue weighted by Gasteiger charge is 2.41. The van der Waals surface area contributed by atoms with Crippen LogP contribution >= 0.6 is 0 Å². The molecule has 6 aliphatic rings. The normalized spacial score (nSPS) is 19.7. The predicted octanol–water partition coefficient (Wildman–Crippen LogP) is 20.2. The Morgan fingerprint density at radius 3 is 0.872 bits per heavy atom. The van der Waals surface area contributed by atoms with Crippen LogP contribution in [0.2, 0.25) is 0 Å². The number of carbonyl (C=O) groups excluding carboxylic acids is 5. The van der Waals surface area contributed by atoms with E-state index in [1.165, 1.54) is 31.4 Å². The Balaban J connectivity index is 0.000000108. The maximum atomic E-state index is 13.2. The lowest BCUT2D eigenvalue weighted by molar-refractivity contribution is -0.137. The number of aromatic amines is 5. The van der Waals surface area contributed by atoms with E-state index in [4.69, 9.17) is 0 Å². The number of H-pyrrole nitrogens is 5. The molecule has 6 fully saturated rings. The van der Waals surface area contributed by atoms with Crippen LogP contribution in [0.3, 0.4) is 0 Å². The van der Waals surface area contributed by atoms with Gasteiger partial charge in [-0.1, -0.05) is 98.1 Å². The number of nitrogens with one attached hydrogen (secondary N) is 5. The average Bonchev–Trinajstić information content (AvgIpc) is 1.64. The molecule has 0 bridgehead atoms. The standard InChI is InChI=1S/C24H22N6O.C23H22FN5O.C23H29N5O.2C23H23N5O/c1-16-8-17(14-29(16)24(31)22-5-3-2-4-19(22)10-25)15-30-23-7-6-18(9-20(23)13-28-30)21-11-26-27-12-21;1-15-8-16(13-28(15)23(30)17-2-5-21(24)6-3-17)14-29-22-7-4-18(9-19(22)12-27-29)20-10-25-26-11-20;3*1-16-9-17(14-27(16)23(29)18-5-3-2-4-6-18)15-28-22-8-7-19(10-20(22)13-26-28)21-11-24-25-12-21/h2-7,9,11-13,16-17H,8,14-15H2,1H3,(H,26,27);2-7,9-12,15-16H,8,13-14H2,1H3,(H,25,26);7-8,10-13,16-18H,2-6,9,14-15H2,1H3,(H,24,25);2*2-8,10-13,16-17H,9,14-15H2,1H3,(H,24,25)/t16-,17?;15-,16?;3*16-,17?/m00110/s1. The first kappa shape index (κ1) is 97.2. The van der Waals surface area contributed by atoms with Crippen LogP contribution < -0.4 is 0 Å². The van der Waals surface area contributed by atoms with Crippen molar-refractivity contribution in [2.45, 2.75) is 162 Å². The molecule has 32 heteroatoms. The van der Waals surface area contributed by atoms with Crippen molar-refractivity contribution >= 4 is 84.1 Å². The molecule has 5 aliphatic heterocycles. The van der Waals surface area contributed by atoms with Crippen molar-refractivity contribution in [2.24, 2.45) is 35.5 Å². The van der Waals surface area contributed by atoms with Crippen molar-refractivity contribution in [3.8, 4) is 61.7 Å². The Hall–Kier alpha value is -16.9. The Bertz CT molecular complexity index is 7670. The Morgan fingerprint density at radius 2 is 0.581 bits per heavy atom. The monoisotopic (exact) mass is 1970 g/mol. The maximum Gasteiger partial charge on any atom is 0.255 e. The molecule has 15 heterocycles. The van der Waals surface area contributed by atoms with Gasteiger partial charge in [-0.15, -0.1) is 0 Å². The SMILES string of the molecule is C[C@@H]1CC(Cn2ncc3cc(-c4cn[nH]c4)ccc32)CN1C(=O)C1CCCCC1.C[C@@H]1CC(Cn2ncc3cc(-c4cn[nH]c4)ccc32)CN1C(=O)c1ccccc1.C[C@H]1CC(Cn2ncc3cc(-c4cn[nH]c4)ccc32)CN1C(=O)c1ccc(F)cc1.C[C@H]1CC(Cn2ncc3cc(-c4cn[nH]c4)ccc32)CN1C(=O)c1ccccc1.C[C@H]1CC(Cn2ncc3cc(-c4cn[nH]c4)ccc32)CN1C(=O)c1ccccc1C#N. The maximum absolute atomic E-state index is 13.2. The number of amides is 5. The summed E-state index contributed by atoms with van der Waals surface area (Å²) in [6.45, 7) is 18.4. The van der Waals surface area contributed by atoms with Crippen LogP contribution in [0.15, 0.2) is 293 Å². The van der Waals surface area contributed by atoms with Crippen LogP contribution in [0.1, 0.15) is 146 Å². The van der Waals surface area contributed by atoms with Crippen LogP contribution in [0.4, 0.5) is 4.39 Å². The molecular weight excluding hydrogens is 1860 g/mol. The lowest BCUT2D eigenvalue weighted by Crippen LogP contribution is -2.39. The third-order valence-electron chi connectivity index (χ3n) is 30.5. The molecule has 31 nitrogen and oxygen atoms in total. The lowest BCUT2D eigenvalue weighted by Gasteiger charge is -2.29. The van der Waals surface area contributed by atoms with Crippen molar-refractivity contribution in [3.05, 3.63) is 327 Å². The van der Waals surface area contributed by atoms with Crippen molar-refractivity contribution in [1.29, 1.82) is 5.26 Å². The first-order valence-electron chi connectivity index (χ1n) is 51.4. The van der Waals surface area contributed by atoms with E-state index in [0.29, 0.717) is 71.3 Å². The average molecular weight is 1980 g/mol. The topological polar surface area (TPSA) is 358 Å². The summed E-state index contributed by atoms with van der Waals surface area (Å²) in [6.07, 6.45) is 38.8. The summed E-state index contributed by atoms with van der Waals surface area (Å²) in [5, 5.41) is 72.4. The quantitative estimate of drug-likeness (QED) is 0.0473. The summed E-state index contributed by atoms with van der Waals surface area (Å²) in [4.78, 5) is 74.6. The summed E-state index contributed by atoms with van der Waals surface area (Å²) in [6, 6.07) is 66.9. The van der Waals surface area contributed by atoms with Crippen LogP contribution in [0, 0.1) is 52.7 Å². The Morgan fingerprint density at radius 1 is 0.311 bits per heavy atom. The number of fused-ring (bicyclic) bond motifs is 5. The zero-order chi connectivity index (χ0) is 101. The molecular formula is C116H119FN26O5. The van der Waals surface area contributed by atoms with E-state index in [0.717, 1.165) is 219 Å². The largest absolute Gasteiger partial charge is 0.339 e. The zero-order valence-corrected chi connectivity index (χ0v) is 83.5. The number of benzene rings is 9. The number of hydrogen-bond donors (Lipinski definition) is 5. The van der Waals surface area contributed by atoms with Gasteiger partial charge >= 0.3 is 0 Å². The molecule has 9 aromatic carbocycles. The van der Waals surface area contributed by atoms with E-state index in [1.807, 2.05) is 176 Å². The molecule has 1 saturated carbocycles. The number of aromatic nitrogens is 20. The molecule has 148 heavy (non-hydrogen) atoms. The van der Waals surface area contributed by atoms with Gasteiger partial charge in [0.15, 0.2) is 0 Å². The second-order valence-corrected chi connectivity index (χ2v) is 40.7. The summed E-state index contributed by atoms with van der Waals surface area (Å²) < 4.78 is 23.5. The van der Waals surface area contributed by atoms with Gasteiger partial charge in [0.25, 0.3) is 23.6 Å². The summed E-state index contributed by atoms with van der Waals surface area (Å²) >= 11 is 0. The Kier molecular flexibility index (Phi) is 28.6. The molecule has 750 valence electrons. The van der Waals surface area contributed by atoms with Crippen molar-refractivity contribution < 1.29 is 28.4 Å². The van der Waals surface area contributed by atoms with Gasteiger partial charge in [0.1, 0.15) is 5.82 Å². The number of hydrogen-bond acceptors (Lipinski definition) is 16. The molecule has 10 aromatic heterocycles. The van der Waals surface area contributed by atoms with Crippen molar-refractivity contribution in [3.63, 3.8) is 0 Å². The van der Waals surface area contributed by atoms with Crippen molar-refractivity contribution in [2.75, 3.05) is 32.7 Å². The molecule has 5 amide bonds.